The van der Waals surface area contributed by atoms with Crippen LogP contribution < -0.4 is 0 Å². The van der Waals surface area contributed by atoms with Crippen LogP contribution in [0.15, 0.2) is 18.2 Å². The normalized spacial score (nSPS) is 10.9. The third-order valence-electron chi connectivity index (χ3n) is 2.26. The van der Waals surface area contributed by atoms with Gasteiger partial charge < -0.3 is 0 Å². The number of rotatable bonds is 0. The van der Waals surface area contributed by atoms with E-state index in [-0.39, 0.29) is 0 Å². The largest absolute Gasteiger partial charge is 0.251 e. The van der Waals surface area contributed by atoms with Crippen LogP contribution in [-0.2, 0) is 0 Å². The van der Waals surface area contributed by atoms with Gasteiger partial charge >= 0.3 is 0 Å². The van der Waals surface area contributed by atoms with Crippen LogP contribution in [0, 0.1) is 13.8 Å². The molecule has 0 aliphatic heterocycles. The third-order valence-corrected chi connectivity index (χ3v) is 3.22. The van der Waals surface area contributed by atoms with E-state index in [1.165, 1.54) is 0 Å². The van der Waals surface area contributed by atoms with Crippen molar-refractivity contribution in [2.45, 2.75) is 13.8 Å². The molecule has 2 aromatic rings. The average Bonchev–Trinajstić information content (AvgIpc) is 2.17. The van der Waals surface area contributed by atoms with E-state index < -0.39 is 0 Å². The summed E-state index contributed by atoms with van der Waals surface area (Å²) in [6.07, 6.45) is 0. The van der Waals surface area contributed by atoms with E-state index in [1.807, 2.05) is 32.0 Å². The van der Waals surface area contributed by atoms with Crippen molar-refractivity contribution in [3.8, 4) is 0 Å². The number of nitrogens with zero attached hydrogens (tertiary/aromatic N) is 1. The summed E-state index contributed by atoms with van der Waals surface area (Å²) in [6, 6.07) is 5.90. The predicted octanol–water partition coefficient (Wildman–Crippen LogP) is 4.16. The van der Waals surface area contributed by atoms with E-state index in [9.17, 15) is 0 Å². The molecule has 14 heavy (non-hydrogen) atoms. The zero-order chi connectivity index (χ0) is 10.3. The molecule has 0 radical (unpaired) electrons. The zero-order valence-electron chi connectivity index (χ0n) is 7.94. The number of aromatic nitrogens is 1. The molecule has 0 aliphatic carbocycles. The van der Waals surface area contributed by atoms with Gasteiger partial charge in [0.15, 0.2) is 0 Å². The monoisotopic (exact) mass is 225 g/mol. The first-order valence-corrected chi connectivity index (χ1v) is 5.08. The first kappa shape index (κ1) is 9.75. The highest BCUT2D eigenvalue weighted by Gasteiger charge is 2.09. The molecule has 0 atom stereocenters. The lowest BCUT2D eigenvalue weighted by atomic mass is 10.1. The molecule has 2 rings (SSSR count). The molecule has 0 saturated carbocycles. The van der Waals surface area contributed by atoms with Crippen molar-refractivity contribution in [2.75, 3.05) is 0 Å². The van der Waals surface area contributed by atoms with Gasteiger partial charge in [0.25, 0.3) is 0 Å². The van der Waals surface area contributed by atoms with Gasteiger partial charge in [-0.3, -0.25) is 4.98 Å². The standard InChI is InChI=1S/C11H9Cl2N/c1-6-4-3-5-8-10(13)9(12)7(2)14-11(6)8/h3-5H,1-2H3. The SMILES string of the molecule is Cc1nc2c(C)cccc2c(Cl)c1Cl. The molecule has 72 valence electrons. The first-order chi connectivity index (χ1) is 6.61. The number of hydrogen-bond donors (Lipinski definition) is 0. The number of pyridine rings is 1. The minimum Gasteiger partial charge on any atom is -0.251 e. The van der Waals surface area contributed by atoms with Gasteiger partial charge in [0.05, 0.1) is 21.3 Å². The summed E-state index contributed by atoms with van der Waals surface area (Å²) in [6.45, 7) is 3.87. The smallest absolute Gasteiger partial charge is 0.0811 e. The minimum atomic E-state index is 0.546. The van der Waals surface area contributed by atoms with Crippen LogP contribution in [0.25, 0.3) is 10.9 Å². The quantitative estimate of drug-likeness (QED) is 0.657. The van der Waals surface area contributed by atoms with Crippen LogP contribution >= 0.6 is 23.2 Å². The molecule has 0 spiro atoms. The Hall–Kier alpha value is -0.790. The maximum Gasteiger partial charge on any atom is 0.0811 e. The molecule has 1 aromatic carbocycles. The van der Waals surface area contributed by atoms with Crippen molar-refractivity contribution in [3.05, 3.63) is 39.5 Å². The summed E-state index contributed by atoms with van der Waals surface area (Å²) < 4.78 is 0. The van der Waals surface area contributed by atoms with Crippen molar-refractivity contribution in [3.63, 3.8) is 0 Å². The zero-order valence-corrected chi connectivity index (χ0v) is 9.45. The summed E-state index contributed by atoms with van der Waals surface area (Å²) >= 11 is 12.1. The molecule has 0 fully saturated rings. The minimum absolute atomic E-state index is 0.546. The highest BCUT2D eigenvalue weighted by molar-refractivity contribution is 6.45. The van der Waals surface area contributed by atoms with E-state index >= 15 is 0 Å². The van der Waals surface area contributed by atoms with Crippen LogP contribution in [0.1, 0.15) is 11.3 Å². The molecule has 3 heteroatoms. The second-order valence-electron chi connectivity index (χ2n) is 3.30. The summed E-state index contributed by atoms with van der Waals surface area (Å²) in [5, 5.41) is 2.06. The number of benzene rings is 1. The Morgan fingerprint density at radius 3 is 2.50 bits per heavy atom. The van der Waals surface area contributed by atoms with E-state index in [4.69, 9.17) is 23.2 Å². The number of hydrogen-bond acceptors (Lipinski definition) is 1. The molecular formula is C11H9Cl2N. The van der Waals surface area contributed by atoms with E-state index in [1.54, 1.807) is 0 Å². The third kappa shape index (κ3) is 1.37. The number of fused-ring (bicyclic) bond motifs is 1. The first-order valence-electron chi connectivity index (χ1n) is 4.32. The highest BCUT2D eigenvalue weighted by Crippen LogP contribution is 2.32. The lowest BCUT2D eigenvalue weighted by molar-refractivity contribution is 1.24. The molecule has 0 bridgehead atoms. The number of aryl methyl sites for hydroxylation is 2. The van der Waals surface area contributed by atoms with Gasteiger partial charge in [-0.25, -0.2) is 0 Å². The van der Waals surface area contributed by atoms with Crippen LogP contribution in [0.4, 0.5) is 0 Å². The fourth-order valence-corrected chi connectivity index (χ4v) is 1.91. The molecule has 1 nitrogen and oxygen atoms in total. The lowest BCUT2D eigenvalue weighted by Gasteiger charge is -2.06. The summed E-state index contributed by atoms with van der Waals surface area (Å²) in [7, 11) is 0. The second-order valence-corrected chi connectivity index (χ2v) is 4.05. The number of halogens is 2. The van der Waals surface area contributed by atoms with Gasteiger partial charge in [-0.2, -0.15) is 0 Å². The van der Waals surface area contributed by atoms with Gasteiger partial charge in [0.1, 0.15) is 0 Å². The molecule has 0 N–H and O–H groups in total. The Bertz CT molecular complexity index is 506. The second kappa shape index (κ2) is 3.41. The summed E-state index contributed by atoms with van der Waals surface area (Å²) in [5.41, 5.74) is 2.82. The van der Waals surface area contributed by atoms with Crippen LogP contribution in [0.5, 0.6) is 0 Å². The summed E-state index contributed by atoms with van der Waals surface area (Å²) in [4.78, 5) is 4.42. The van der Waals surface area contributed by atoms with Crippen molar-refractivity contribution in [1.29, 1.82) is 0 Å². The maximum atomic E-state index is 6.13. The lowest BCUT2D eigenvalue weighted by Crippen LogP contribution is -1.89. The van der Waals surface area contributed by atoms with Crippen molar-refractivity contribution >= 4 is 34.1 Å². The molecule has 0 aliphatic rings. The van der Waals surface area contributed by atoms with Crippen LogP contribution in [-0.4, -0.2) is 4.98 Å². The van der Waals surface area contributed by atoms with E-state index in [0.29, 0.717) is 10.0 Å². The number of para-hydroxylation sites is 1. The predicted molar refractivity (Wildman–Crippen MR) is 61.2 cm³/mol. The Morgan fingerprint density at radius 2 is 1.79 bits per heavy atom. The molecule has 1 aromatic heterocycles. The van der Waals surface area contributed by atoms with Crippen LogP contribution in [0.2, 0.25) is 10.0 Å². The molecule has 0 saturated heterocycles. The van der Waals surface area contributed by atoms with Gasteiger partial charge in [0.2, 0.25) is 0 Å². The van der Waals surface area contributed by atoms with Crippen LogP contribution in [0.3, 0.4) is 0 Å². The van der Waals surface area contributed by atoms with Crippen molar-refractivity contribution in [2.24, 2.45) is 0 Å². The molecular weight excluding hydrogens is 217 g/mol. The van der Waals surface area contributed by atoms with Gasteiger partial charge in [-0.15, -0.1) is 0 Å². The molecule has 0 unspecified atom stereocenters. The van der Waals surface area contributed by atoms with Gasteiger partial charge in [-0.1, -0.05) is 41.4 Å². The fraction of sp³-hybridized carbons (Fsp3) is 0.182. The van der Waals surface area contributed by atoms with Gasteiger partial charge in [0, 0.05) is 5.39 Å². The Morgan fingerprint density at radius 1 is 1.07 bits per heavy atom. The summed E-state index contributed by atoms with van der Waals surface area (Å²) in [5.74, 6) is 0. The Balaban J connectivity index is 2.98. The highest BCUT2D eigenvalue weighted by atomic mass is 35.5. The molecule has 0 amide bonds. The van der Waals surface area contributed by atoms with E-state index in [0.717, 1.165) is 22.2 Å². The topological polar surface area (TPSA) is 12.9 Å². The Kier molecular flexibility index (Phi) is 2.38. The average molecular weight is 226 g/mol. The maximum absolute atomic E-state index is 6.13. The Labute approximate surface area is 92.7 Å². The fourth-order valence-electron chi connectivity index (χ4n) is 1.48. The molecule has 1 heterocycles. The van der Waals surface area contributed by atoms with Crippen molar-refractivity contribution in [1.82, 2.24) is 4.98 Å². The van der Waals surface area contributed by atoms with Crippen molar-refractivity contribution < 1.29 is 0 Å². The van der Waals surface area contributed by atoms with Gasteiger partial charge in [-0.05, 0) is 19.4 Å². The van der Waals surface area contributed by atoms with E-state index in [2.05, 4.69) is 4.98 Å².